The number of allylic oxidation sites excluding steroid dienone is 1. The Kier molecular flexibility index (Phi) is 5.21. The maximum Gasteiger partial charge on any atom is 0.324 e. The molecule has 7 nitrogen and oxygen atoms in total. The molecule has 4 rings (SSSR count). The van der Waals surface area contributed by atoms with Crippen LogP contribution < -0.4 is 10.2 Å². The molecule has 1 aliphatic carbocycles. The van der Waals surface area contributed by atoms with Crippen LogP contribution in [-0.2, 0) is 9.59 Å². The standard InChI is InChI=1S/C23H25N3O4S/c1-13(2)22(28)25-16-8-6-5-7-14(16)24-15-11-23(3,4)12-17(27)20(15)21(25)18-9-10-19(31-18)26(29)30/h5-10,13,21,24H,11-12H2,1-4H3. The molecule has 1 aliphatic heterocycles. The average Bonchev–Trinajstić information content (AvgIpc) is 3.11. The Bertz CT molecular complexity index is 1120. The molecule has 0 radical (unpaired) electrons. The second kappa shape index (κ2) is 7.60. The van der Waals surface area contributed by atoms with E-state index in [0.29, 0.717) is 29.0 Å². The van der Waals surface area contributed by atoms with Gasteiger partial charge in [-0.3, -0.25) is 24.6 Å². The highest BCUT2D eigenvalue weighted by Gasteiger charge is 2.44. The number of para-hydroxylation sites is 2. The summed E-state index contributed by atoms with van der Waals surface area (Å²) >= 11 is 1.01. The molecule has 8 heteroatoms. The molecule has 1 atom stereocenters. The van der Waals surface area contributed by atoms with Crippen LogP contribution in [0.4, 0.5) is 16.4 Å². The minimum absolute atomic E-state index is 0.0109. The number of rotatable bonds is 3. The van der Waals surface area contributed by atoms with E-state index in [1.165, 1.54) is 6.07 Å². The summed E-state index contributed by atoms with van der Waals surface area (Å²) in [6, 6.07) is 9.89. The maximum absolute atomic E-state index is 13.5. The van der Waals surface area contributed by atoms with E-state index in [9.17, 15) is 19.7 Å². The zero-order chi connectivity index (χ0) is 22.5. The number of hydrogen-bond donors (Lipinski definition) is 1. The summed E-state index contributed by atoms with van der Waals surface area (Å²) in [6.45, 7) is 7.74. The highest BCUT2D eigenvalue weighted by Crippen LogP contribution is 2.50. The Morgan fingerprint density at radius 1 is 1.23 bits per heavy atom. The molecule has 162 valence electrons. The highest BCUT2D eigenvalue weighted by molar-refractivity contribution is 7.15. The summed E-state index contributed by atoms with van der Waals surface area (Å²) in [5.74, 6) is -0.487. The van der Waals surface area contributed by atoms with E-state index in [1.807, 2.05) is 38.1 Å². The average molecular weight is 440 g/mol. The Hall–Kier alpha value is -3.00. The van der Waals surface area contributed by atoms with Gasteiger partial charge in [-0.25, -0.2) is 0 Å². The van der Waals surface area contributed by atoms with Gasteiger partial charge in [-0.2, -0.15) is 0 Å². The number of amides is 1. The number of benzene rings is 1. The number of carbonyl (C=O) groups is 2. The molecular formula is C23H25N3O4S. The van der Waals surface area contributed by atoms with E-state index < -0.39 is 11.0 Å². The van der Waals surface area contributed by atoms with Gasteiger partial charge >= 0.3 is 5.00 Å². The fourth-order valence-corrected chi connectivity index (χ4v) is 5.29. The summed E-state index contributed by atoms with van der Waals surface area (Å²) in [5.41, 5.74) is 2.52. The lowest BCUT2D eigenvalue weighted by Gasteiger charge is -2.37. The Labute approximate surface area is 184 Å². The van der Waals surface area contributed by atoms with E-state index in [-0.39, 0.29) is 28.0 Å². The SMILES string of the molecule is CC(C)C(=O)N1c2ccccc2NC2=C(C(=O)CC(C)(C)C2)C1c1ccc([N+](=O)[O-])s1. The topological polar surface area (TPSA) is 92.6 Å². The first-order valence-electron chi connectivity index (χ1n) is 10.3. The number of nitrogens with zero attached hydrogens (tertiary/aromatic N) is 2. The van der Waals surface area contributed by atoms with E-state index in [4.69, 9.17) is 0 Å². The Balaban J connectivity index is 2.01. The van der Waals surface area contributed by atoms with Crippen LogP contribution in [0.5, 0.6) is 0 Å². The summed E-state index contributed by atoms with van der Waals surface area (Å²) in [5, 5.41) is 14.8. The monoisotopic (exact) mass is 439 g/mol. The maximum atomic E-state index is 13.5. The minimum atomic E-state index is -0.705. The van der Waals surface area contributed by atoms with E-state index >= 15 is 0 Å². The lowest BCUT2D eigenvalue weighted by atomic mass is 9.74. The minimum Gasteiger partial charge on any atom is -0.357 e. The molecule has 0 saturated carbocycles. The van der Waals surface area contributed by atoms with Crippen LogP contribution in [0.1, 0.15) is 51.5 Å². The summed E-state index contributed by atoms with van der Waals surface area (Å²) < 4.78 is 0. The molecule has 2 aliphatic rings. The zero-order valence-corrected chi connectivity index (χ0v) is 18.8. The zero-order valence-electron chi connectivity index (χ0n) is 18.0. The molecule has 1 unspecified atom stereocenters. The third-order valence-corrected chi connectivity index (χ3v) is 6.78. The molecule has 1 aromatic carbocycles. The summed E-state index contributed by atoms with van der Waals surface area (Å²) in [7, 11) is 0. The quantitative estimate of drug-likeness (QED) is 0.507. The molecule has 0 fully saturated rings. The largest absolute Gasteiger partial charge is 0.357 e. The molecule has 0 saturated heterocycles. The predicted molar refractivity (Wildman–Crippen MR) is 121 cm³/mol. The first kappa shape index (κ1) is 21.2. The number of thiophene rings is 1. The molecule has 1 amide bonds. The fourth-order valence-electron chi connectivity index (χ4n) is 4.36. The molecule has 0 bridgehead atoms. The number of hydrogen-bond acceptors (Lipinski definition) is 6. The second-order valence-corrected chi connectivity index (χ2v) is 10.3. The third-order valence-electron chi connectivity index (χ3n) is 5.69. The predicted octanol–water partition coefficient (Wildman–Crippen LogP) is 5.46. The van der Waals surface area contributed by atoms with E-state index in [1.54, 1.807) is 11.0 Å². The lowest BCUT2D eigenvalue weighted by molar-refractivity contribution is -0.380. The van der Waals surface area contributed by atoms with Crippen molar-refractivity contribution in [3.63, 3.8) is 0 Å². The first-order chi connectivity index (χ1) is 14.6. The summed E-state index contributed by atoms with van der Waals surface area (Å²) in [4.78, 5) is 40.1. The molecule has 0 spiro atoms. The van der Waals surface area contributed by atoms with Crippen molar-refractivity contribution in [2.24, 2.45) is 11.3 Å². The van der Waals surface area contributed by atoms with Gasteiger partial charge < -0.3 is 5.32 Å². The van der Waals surface area contributed by atoms with Crippen molar-refractivity contribution in [1.29, 1.82) is 0 Å². The van der Waals surface area contributed by atoms with Crippen LogP contribution in [0, 0.1) is 21.4 Å². The number of carbonyl (C=O) groups excluding carboxylic acids is 2. The van der Waals surface area contributed by atoms with Crippen LogP contribution in [0.3, 0.4) is 0 Å². The van der Waals surface area contributed by atoms with Crippen LogP contribution in [0.25, 0.3) is 0 Å². The smallest absolute Gasteiger partial charge is 0.324 e. The molecule has 2 heterocycles. The van der Waals surface area contributed by atoms with E-state index in [0.717, 1.165) is 22.7 Å². The van der Waals surface area contributed by atoms with Crippen molar-refractivity contribution >= 4 is 39.4 Å². The van der Waals surface area contributed by atoms with Crippen molar-refractivity contribution in [3.8, 4) is 0 Å². The highest BCUT2D eigenvalue weighted by atomic mass is 32.1. The summed E-state index contributed by atoms with van der Waals surface area (Å²) in [6.07, 6.45) is 1.01. The third kappa shape index (κ3) is 3.76. The van der Waals surface area contributed by atoms with Gasteiger partial charge in [0.15, 0.2) is 5.78 Å². The molecule has 1 N–H and O–H groups in total. The van der Waals surface area contributed by atoms with Gasteiger partial charge in [0.05, 0.1) is 16.3 Å². The number of nitrogens with one attached hydrogen (secondary N) is 1. The fraction of sp³-hybridized carbons (Fsp3) is 0.391. The Morgan fingerprint density at radius 3 is 2.58 bits per heavy atom. The van der Waals surface area contributed by atoms with Crippen molar-refractivity contribution < 1.29 is 14.5 Å². The van der Waals surface area contributed by atoms with Crippen molar-refractivity contribution in [2.75, 3.05) is 10.2 Å². The number of ketones is 1. The number of nitro groups is 1. The molecular weight excluding hydrogens is 414 g/mol. The van der Waals surface area contributed by atoms with Crippen molar-refractivity contribution in [1.82, 2.24) is 0 Å². The van der Waals surface area contributed by atoms with Gasteiger partial charge in [0.25, 0.3) is 0 Å². The van der Waals surface area contributed by atoms with Crippen LogP contribution in [0.15, 0.2) is 47.7 Å². The van der Waals surface area contributed by atoms with Crippen LogP contribution in [-0.4, -0.2) is 16.6 Å². The van der Waals surface area contributed by atoms with Crippen molar-refractivity contribution in [2.45, 2.75) is 46.6 Å². The molecule has 2 aromatic rings. The van der Waals surface area contributed by atoms with Crippen LogP contribution >= 0.6 is 11.3 Å². The first-order valence-corrected chi connectivity index (χ1v) is 11.1. The van der Waals surface area contributed by atoms with Gasteiger partial charge in [0.2, 0.25) is 5.91 Å². The molecule has 1 aromatic heterocycles. The van der Waals surface area contributed by atoms with Gasteiger partial charge in [-0.15, -0.1) is 0 Å². The van der Waals surface area contributed by atoms with Gasteiger partial charge in [0.1, 0.15) is 6.04 Å². The van der Waals surface area contributed by atoms with Gasteiger partial charge in [0, 0.05) is 34.6 Å². The van der Waals surface area contributed by atoms with Crippen molar-refractivity contribution in [3.05, 3.63) is 62.7 Å². The van der Waals surface area contributed by atoms with E-state index in [2.05, 4.69) is 19.2 Å². The number of fused-ring (bicyclic) bond motifs is 1. The normalized spacial score (nSPS) is 20.1. The van der Waals surface area contributed by atoms with Gasteiger partial charge in [-0.05, 0) is 30.0 Å². The number of Topliss-reactive ketones (excluding diaryl/α,β-unsaturated/α-hetero) is 1. The van der Waals surface area contributed by atoms with Crippen LogP contribution in [0.2, 0.25) is 0 Å². The lowest BCUT2D eigenvalue weighted by Crippen LogP contribution is -2.41. The number of anilines is 2. The molecule has 31 heavy (non-hydrogen) atoms. The Morgan fingerprint density at radius 2 is 1.94 bits per heavy atom. The van der Waals surface area contributed by atoms with Gasteiger partial charge in [-0.1, -0.05) is 51.2 Å². The second-order valence-electron chi connectivity index (χ2n) is 9.17.